The zero-order chi connectivity index (χ0) is 10.8. The van der Waals surface area contributed by atoms with E-state index in [9.17, 15) is 0 Å². The van der Waals surface area contributed by atoms with Gasteiger partial charge in [-0.1, -0.05) is 6.07 Å². The topological polar surface area (TPSA) is 15.3 Å². The van der Waals surface area contributed by atoms with Gasteiger partial charge in [0.05, 0.1) is 0 Å². The molecule has 2 rings (SSSR count). The number of hydrogen-bond donors (Lipinski definition) is 1. The molecule has 0 amide bonds. The van der Waals surface area contributed by atoms with Gasteiger partial charge in [0.25, 0.3) is 0 Å². The van der Waals surface area contributed by atoms with Gasteiger partial charge in [0.1, 0.15) is 0 Å². The zero-order valence-electron chi connectivity index (χ0n) is 9.88. The van der Waals surface area contributed by atoms with Crippen LogP contribution in [0.1, 0.15) is 24.0 Å². The highest BCUT2D eigenvalue weighted by Gasteiger charge is 2.26. The van der Waals surface area contributed by atoms with Crippen molar-refractivity contribution >= 4 is 5.69 Å². The van der Waals surface area contributed by atoms with Crippen molar-refractivity contribution in [1.29, 1.82) is 0 Å². The van der Waals surface area contributed by atoms with Crippen LogP contribution in [0.5, 0.6) is 0 Å². The number of hydrogen-bond acceptors (Lipinski definition) is 2. The second-order valence-corrected chi connectivity index (χ2v) is 4.48. The molecular formula is C13H20N2. The van der Waals surface area contributed by atoms with Gasteiger partial charge in [0.15, 0.2) is 0 Å². The first-order valence-corrected chi connectivity index (χ1v) is 5.69. The summed E-state index contributed by atoms with van der Waals surface area (Å²) in [6.45, 7) is 3.15. The van der Waals surface area contributed by atoms with Crippen molar-refractivity contribution in [3.05, 3.63) is 29.3 Å². The molecule has 2 nitrogen and oxygen atoms in total. The van der Waals surface area contributed by atoms with E-state index in [2.05, 4.69) is 42.4 Å². The van der Waals surface area contributed by atoms with E-state index in [0.29, 0.717) is 0 Å². The molecule has 2 heteroatoms. The highest BCUT2D eigenvalue weighted by molar-refractivity contribution is 5.51. The summed E-state index contributed by atoms with van der Waals surface area (Å²) in [6.07, 6.45) is 2.71. The number of nitrogens with zero attached hydrogens (tertiary/aromatic N) is 1. The molecule has 1 aliphatic carbocycles. The Hall–Kier alpha value is -1.02. The predicted molar refractivity (Wildman–Crippen MR) is 65.4 cm³/mol. The Balaban J connectivity index is 2.16. The lowest BCUT2D eigenvalue weighted by atomic mass is 10.1. The summed E-state index contributed by atoms with van der Waals surface area (Å²) in [7, 11) is 4.19. The molecule has 0 unspecified atom stereocenters. The normalized spacial score (nSPS) is 15.4. The Kier molecular flexibility index (Phi) is 2.96. The van der Waals surface area contributed by atoms with Crippen LogP contribution in [0.4, 0.5) is 5.69 Å². The minimum atomic E-state index is 0.791. The van der Waals surface area contributed by atoms with Gasteiger partial charge in [-0.25, -0.2) is 0 Å². The molecule has 1 aromatic carbocycles. The SMILES string of the molecule is CNCc1ccc(N(C)C2CC2)cc1C. The second-order valence-electron chi connectivity index (χ2n) is 4.48. The molecule has 0 aromatic heterocycles. The van der Waals surface area contributed by atoms with E-state index in [0.717, 1.165) is 12.6 Å². The Morgan fingerprint density at radius 2 is 2.13 bits per heavy atom. The lowest BCUT2D eigenvalue weighted by molar-refractivity contribution is 0.811. The first-order valence-electron chi connectivity index (χ1n) is 5.69. The molecular weight excluding hydrogens is 184 g/mol. The van der Waals surface area contributed by atoms with E-state index < -0.39 is 0 Å². The first kappa shape index (κ1) is 10.5. The number of rotatable bonds is 4. The lowest BCUT2D eigenvalue weighted by Gasteiger charge is -2.20. The van der Waals surface area contributed by atoms with E-state index in [1.54, 1.807) is 0 Å². The Bertz CT molecular complexity index is 342. The second kappa shape index (κ2) is 4.23. The Labute approximate surface area is 92.3 Å². The van der Waals surface area contributed by atoms with Crippen molar-refractivity contribution in [2.24, 2.45) is 0 Å². The van der Waals surface area contributed by atoms with E-state index in [-0.39, 0.29) is 0 Å². The lowest BCUT2D eigenvalue weighted by Crippen LogP contribution is -2.19. The summed E-state index contributed by atoms with van der Waals surface area (Å²) in [6, 6.07) is 7.56. The first-order chi connectivity index (χ1) is 7.22. The largest absolute Gasteiger partial charge is 0.372 e. The highest BCUT2D eigenvalue weighted by atomic mass is 15.2. The van der Waals surface area contributed by atoms with Crippen LogP contribution in [0, 0.1) is 6.92 Å². The predicted octanol–water partition coefficient (Wildman–Crippen LogP) is 2.31. The maximum absolute atomic E-state index is 3.20. The molecule has 0 radical (unpaired) electrons. The third-order valence-corrected chi connectivity index (χ3v) is 3.20. The molecule has 0 atom stereocenters. The minimum absolute atomic E-state index is 0.791. The quantitative estimate of drug-likeness (QED) is 0.809. The molecule has 1 fully saturated rings. The van der Waals surface area contributed by atoms with Crippen LogP contribution in [0.25, 0.3) is 0 Å². The number of anilines is 1. The Morgan fingerprint density at radius 1 is 1.40 bits per heavy atom. The third kappa shape index (κ3) is 2.32. The van der Waals surface area contributed by atoms with Gasteiger partial charge in [-0.15, -0.1) is 0 Å². The van der Waals surface area contributed by atoms with Crippen molar-refractivity contribution in [1.82, 2.24) is 5.32 Å². The molecule has 15 heavy (non-hydrogen) atoms. The third-order valence-electron chi connectivity index (χ3n) is 3.20. The zero-order valence-corrected chi connectivity index (χ0v) is 9.88. The molecule has 0 heterocycles. The average molecular weight is 204 g/mol. The van der Waals surface area contributed by atoms with E-state index >= 15 is 0 Å². The van der Waals surface area contributed by atoms with Gasteiger partial charge in [0.2, 0.25) is 0 Å². The van der Waals surface area contributed by atoms with Crippen molar-refractivity contribution in [3.8, 4) is 0 Å². The van der Waals surface area contributed by atoms with Gasteiger partial charge in [-0.05, 0) is 50.1 Å². The van der Waals surface area contributed by atoms with Crippen molar-refractivity contribution in [2.75, 3.05) is 19.0 Å². The fourth-order valence-electron chi connectivity index (χ4n) is 1.96. The summed E-state index contributed by atoms with van der Waals surface area (Å²) < 4.78 is 0. The van der Waals surface area contributed by atoms with Crippen molar-refractivity contribution < 1.29 is 0 Å². The number of benzene rings is 1. The van der Waals surface area contributed by atoms with Gasteiger partial charge >= 0.3 is 0 Å². The van der Waals surface area contributed by atoms with Crippen LogP contribution in [0.15, 0.2) is 18.2 Å². The van der Waals surface area contributed by atoms with E-state index in [4.69, 9.17) is 0 Å². The van der Waals surface area contributed by atoms with Gasteiger partial charge in [-0.3, -0.25) is 0 Å². The molecule has 1 saturated carbocycles. The molecule has 0 bridgehead atoms. The number of nitrogens with one attached hydrogen (secondary N) is 1. The van der Waals surface area contributed by atoms with Gasteiger partial charge < -0.3 is 10.2 Å². The van der Waals surface area contributed by atoms with Crippen molar-refractivity contribution in [3.63, 3.8) is 0 Å². The molecule has 82 valence electrons. The summed E-state index contributed by atoms with van der Waals surface area (Å²) in [5.41, 5.74) is 4.13. The highest BCUT2D eigenvalue weighted by Crippen LogP contribution is 2.30. The Morgan fingerprint density at radius 3 is 2.67 bits per heavy atom. The van der Waals surface area contributed by atoms with Crippen LogP contribution in [-0.2, 0) is 6.54 Å². The monoisotopic (exact) mass is 204 g/mol. The summed E-state index contributed by atoms with van der Waals surface area (Å²) in [5.74, 6) is 0. The average Bonchev–Trinajstić information content (AvgIpc) is 3.04. The van der Waals surface area contributed by atoms with E-state index in [1.165, 1.54) is 29.7 Å². The summed E-state index contributed by atoms with van der Waals surface area (Å²) in [5, 5.41) is 3.20. The maximum atomic E-state index is 3.20. The standard InChI is InChI=1S/C13H20N2/c1-10-8-13(15(3)12-6-7-12)5-4-11(10)9-14-2/h4-5,8,12,14H,6-7,9H2,1-3H3. The minimum Gasteiger partial charge on any atom is -0.372 e. The summed E-state index contributed by atoms with van der Waals surface area (Å²) >= 11 is 0. The smallest absolute Gasteiger partial charge is 0.0368 e. The van der Waals surface area contributed by atoms with Gasteiger partial charge in [0, 0.05) is 25.3 Å². The van der Waals surface area contributed by atoms with Crippen molar-refractivity contribution in [2.45, 2.75) is 32.4 Å². The van der Waals surface area contributed by atoms with Crippen LogP contribution in [-0.4, -0.2) is 20.1 Å². The molecule has 0 saturated heterocycles. The molecule has 0 aliphatic heterocycles. The summed E-state index contributed by atoms with van der Waals surface area (Å²) in [4.78, 5) is 2.40. The fourth-order valence-corrected chi connectivity index (χ4v) is 1.96. The number of aryl methyl sites for hydroxylation is 1. The van der Waals surface area contributed by atoms with Crippen LogP contribution in [0.2, 0.25) is 0 Å². The maximum Gasteiger partial charge on any atom is 0.0368 e. The fraction of sp³-hybridized carbons (Fsp3) is 0.538. The van der Waals surface area contributed by atoms with Crippen LogP contribution >= 0.6 is 0 Å². The van der Waals surface area contributed by atoms with Crippen LogP contribution < -0.4 is 10.2 Å². The molecule has 1 N–H and O–H groups in total. The molecule has 1 aromatic rings. The van der Waals surface area contributed by atoms with E-state index in [1.807, 2.05) is 7.05 Å². The van der Waals surface area contributed by atoms with Gasteiger partial charge in [-0.2, -0.15) is 0 Å². The molecule has 1 aliphatic rings. The van der Waals surface area contributed by atoms with Crippen LogP contribution in [0.3, 0.4) is 0 Å². The molecule has 0 spiro atoms.